The molecular formula is C30H37N5O3S. The van der Waals surface area contributed by atoms with E-state index in [0.29, 0.717) is 42.9 Å². The molecule has 1 fully saturated rings. The number of aromatic nitrogens is 2. The highest BCUT2D eigenvalue weighted by Gasteiger charge is 2.26. The van der Waals surface area contributed by atoms with Gasteiger partial charge in [-0.3, -0.25) is 4.79 Å². The van der Waals surface area contributed by atoms with E-state index in [1.807, 2.05) is 47.4 Å². The number of hydrogen-bond donors (Lipinski definition) is 3. The third-order valence-electron chi connectivity index (χ3n) is 6.86. The number of rotatable bonds is 11. The normalized spacial score (nSPS) is 14.4. The highest BCUT2D eigenvalue weighted by Crippen LogP contribution is 2.34. The monoisotopic (exact) mass is 547 g/mol. The van der Waals surface area contributed by atoms with E-state index in [0.717, 1.165) is 34.0 Å². The predicted octanol–water partition coefficient (Wildman–Crippen LogP) is 4.40. The molecule has 0 aliphatic carbocycles. The fourth-order valence-electron chi connectivity index (χ4n) is 4.36. The number of carbonyl (C=O) groups excluding carboxylic acids is 1. The van der Waals surface area contributed by atoms with Gasteiger partial charge in [-0.15, -0.1) is 11.8 Å². The van der Waals surface area contributed by atoms with Gasteiger partial charge in [-0.1, -0.05) is 69.0 Å². The molecule has 1 unspecified atom stereocenters. The van der Waals surface area contributed by atoms with E-state index in [1.165, 1.54) is 0 Å². The van der Waals surface area contributed by atoms with E-state index >= 15 is 0 Å². The van der Waals surface area contributed by atoms with Crippen LogP contribution in [0, 0.1) is 0 Å². The van der Waals surface area contributed by atoms with Crippen LogP contribution in [-0.2, 0) is 0 Å². The van der Waals surface area contributed by atoms with E-state index in [4.69, 9.17) is 9.97 Å². The summed E-state index contributed by atoms with van der Waals surface area (Å²) in [6.45, 7) is 10.2. The summed E-state index contributed by atoms with van der Waals surface area (Å²) in [6, 6.07) is 17.3. The van der Waals surface area contributed by atoms with Crippen LogP contribution >= 0.6 is 11.8 Å². The van der Waals surface area contributed by atoms with E-state index < -0.39 is 6.04 Å². The van der Waals surface area contributed by atoms with Crippen LogP contribution in [0.2, 0.25) is 0 Å². The lowest BCUT2D eigenvalue weighted by Gasteiger charge is -2.36. The Morgan fingerprint density at radius 3 is 2.26 bits per heavy atom. The van der Waals surface area contributed by atoms with Crippen molar-refractivity contribution in [2.45, 2.75) is 36.6 Å². The molecule has 0 radical (unpaired) electrons. The molecule has 206 valence electrons. The van der Waals surface area contributed by atoms with Crippen molar-refractivity contribution in [1.29, 1.82) is 0 Å². The van der Waals surface area contributed by atoms with Gasteiger partial charge in [0, 0.05) is 42.6 Å². The molecule has 1 saturated heterocycles. The van der Waals surface area contributed by atoms with E-state index in [2.05, 4.69) is 42.8 Å². The van der Waals surface area contributed by atoms with Crippen molar-refractivity contribution in [1.82, 2.24) is 14.9 Å². The van der Waals surface area contributed by atoms with Crippen molar-refractivity contribution in [3.05, 3.63) is 72.3 Å². The maximum atomic E-state index is 13.3. The summed E-state index contributed by atoms with van der Waals surface area (Å²) in [5.41, 5.74) is 3.73. The molecule has 9 heteroatoms. The van der Waals surface area contributed by atoms with Crippen molar-refractivity contribution in [3.63, 3.8) is 0 Å². The average Bonchev–Trinajstić information content (AvgIpc) is 2.99. The maximum Gasteiger partial charge on any atom is 0.253 e. The van der Waals surface area contributed by atoms with Gasteiger partial charge in [0.25, 0.3) is 5.91 Å². The van der Waals surface area contributed by atoms with Crippen LogP contribution in [-0.4, -0.2) is 81.7 Å². The van der Waals surface area contributed by atoms with Gasteiger partial charge in [-0.2, -0.15) is 4.98 Å². The number of carbonyl (C=O) groups is 1. The maximum absolute atomic E-state index is 13.3. The third kappa shape index (κ3) is 6.98. The zero-order chi connectivity index (χ0) is 27.8. The molecule has 4 rings (SSSR count). The Morgan fingerprint density at radius 1 is 1.03 bits per heavy atom. The Hall–Kier alpha value is -3.40. The Kier molecular flexibility index (Phi) is 9.97. The molecule has 0 bridgehead atoms. The first-order valence-corrected chi connectivity index (χ1v) is 14.2. The van der Waals surface area contributed by atoms with Gasteiger partial charge < -0.3 is 25.3 Å². The first-order chi connectivity index (χ1) is 19.0. The molecule has 1 aliphatic rings. The number of benzene rings is 2. The summed E-state index contributed by atoms with van der Waals surface area (Å²) < 4.78 is 0. The summed E-state index contributed by atoms with van der Waals surface area (Å²) in [6.07, 6.45) is 2.76. The van der Waals surface area contributed by atoms with Crippen molar-refractivity contribution in [2.24, 2.45) is 0 Å². The molecule has 39 heavy (non-hydrogen) atoms. The number of hydrogen-bond acceptors (Lipinski definition) is 8. The van der Waals surface area contributed by atoms with Crippen molar-refractivity contribution in [2.75, 3.05) is 49.6 Å². The number of thioether (sulfide) groups is 1. The van der Waals surface area contributed by atoms with Crippen molar-refractivity contribution >= 4 is 35.5 Å². The summed E-state index contributed by atoms with van der Waals surface area (Å²) >= 11 is 1.65. The molecule has 1 amide bonds. The van der Waals surface area contributed by atoms with Crippen LogP contribution in [0.1, 0.15) is 36.2 Å². The number of anilines is 2. The summed E-state index contributed by atoms with van der Waals surface area (Å²) in [7, 11) is 0. The van der Waals surface area contributed by atoms with Gasteiger partial charge in [0.15, 0.2) is 0 Å². The first kappa shape index (κ1) is 28.6. The smallest absolute Gasteiger partial charge is 0.253 e. The lowest BCUT2D eigenvalue weighted by atomic mass is 10.0. The molecule has 3 N–H and O–H groups in total. The van der Waals surface area contributed by atoms with Gasteiger partial charge in [-0.05, 0) is 29.7 Å². The Balaban J connectivity index is 1.50. The quantitative estimate of drug-likeness (QED) is 0.240. The minimum Gasteiger partial charge on any atom is -0.394 e. The molecule has 1 atom stereocenters. The highest BCUT2D eigenvalue weighted by atomic mass is 32.2. The van der Waals surface area contributed by atoms with Crippen molar-refractivity contribution < 1.29 is 15.0 Å². The van der Waals surface area contributed by atoms with Crippen LogP contribution in [0.25, 0.3) is 17.2 Å². The fourth-order valence-corrected chi connectivity index (χ4v) is 5.35. The number of aliphatic hydroxyl groups is 2. The second-order valence-corrected chi connectivity index (χ2v) is 11.0. The van der Waals surface area contributed by atoms with Crippen LogP contribution in [0.5, 0.6) is 0 Å². The van der Waals surface area contributed by atoms with Crippen molar-refractivity contribution in [3.8, 4) is 11.1 Å². The Labute approximate surface area is 234 Å². The SMILES string of the molecule is C=Cc1c(SC(C)CC)nc(NC(CO)CO)nc1N1CCN(C(=O)c2ccc(-c3ccccc3)cc2)CC1. The van der Waals surface area contributed by atoms with Crippen LogP contribution in [0.15, 0.2) is 66.2 Å². The number of amides is 1. The van der Waals surface area contributed by atoms with Gasteiger partial charge in [0.05, 0.1) is 19.3 Å². The highest BCUT2D eigenvalue weighted by molar-refractivity contribution is 7.99. The molecule has 2 heterocycles. The predicted molar refractivity (Wildman–Crippen MR) is 159 cm³/mol. The molecule has 3 aromatic rings. The molecule has 2 aromatic carbocycles. The number of nitrogens with zero attached hydrogens (tertiary/aromatic N) is 4. The third-order valence-corrected chi connectivity index (χ3v) is 8.13. The second-order valence-electron chi connectivity index (χ2n) is 9.56. The van der Waals surface area contributed by atoms with Crippen LogP contribution in [0.3, 0.4) is 0 Å². The van der Waals surface area contributed by atoms with Gasteiger partial charge >= 0.3 is 0 Å². The number of nitrogens with one attached hydrogen (secondary N) is 1. The Morgan fingerprint density at radius 2 is 1.67 bits per heavy atom. The lowest BCUT2D eigenvalue weighted by Crippen LogP contribution is -2.49. The fraction of sp³-hybridized carbons (Fsp3) is 0.367. The molecule has 1 aromatic heterocycles. The van der Waals surface area contributed by atoms with Gasteiger partial charge in [-0.25, -0.2) is 4.98 Å². The molecule has 1 aliphatic heterocycles. The van der Waals surface area contributed by atoms with Crippen LogP contribution in [0.4, 0.5) is 11.8 Å². The number of aliphatic hydroxyl groups excluding tert-OH is 2. The lowest BCUT2D eigenvalue weighted by molar-refractivity contribution is 0.0746. The molecule has 0 spiro atoms. The zero-order valence-electron chi connectivity index (χ0n) is 22.6. The van der Waals surface area contributed by atoms with Gasteiger partial charge in [0.1, 0.15) is 10.8 Å². The second kappa shape index (κ2) is 13.6. The average molecular weight is 548 g/mol. The van der Waals surface area contributed by atoms with Crippen LogP contribution < -0.4 is 10.2 Å². The zero-order valence-corrected chi connectivity index (χ0v) is 23.4. The summed E-state index contributed by atoms with van der Waals surface area (Å²) in [4.78, 5) is 26.7. The topological polar surface area (TPSA) is 102 Å². The minimum atomic E-state index is -0.559. The van der Waals surface area contributed by atoms with E-state index in [-0.39, 0.29) is 19.1 Å². The molecule has 0 saturated carbocycles. The molecular weight excluding hydrogens is 510 g/mol. The largest absolute Gasteiger partial charge is 0.394 e. The standard InChI is InChI=1S/C30H37N5O3S/c1-4-21(3)39-28-26(5-2)27(32-30(33-28)31-25(19-36)20-37)34-15-17-35(18-16-34)29(38)24-13-11-23(12-14-24)22-9-7-6-8-10-22/h5-14,21,25,36-37H,2,4,15-20H2,1,3H3,(H,31,32,33). The summed E-state index contributed by atoms with van der Waals surface area (Å²) in [5.74, 6) is 1.11. The number of piperazine rings is 1. The minimum absolute atomic E-state index is 0.0185. The summed E-state index contributed by atoms with van der Waals surface area (Å²) in [5, 5.41) is 23.3. The van der Waals surface area contributed by atoms with E-state index in [1.54, 1.807) is 17.8 Å². The first-order valence-electron chi connectivity index (χ1n) is 13.4. The Bertz CT molecular complexity index is 1240. The van der Waals surface area contributed by atoms with Gasteiger partial charge in [0.2, 0.25) is 5.95 Å². The van der Waals surface area contributed by atoms with E-state index in [9.17, 15) is 15.0 Å². The molecule has 8 nitrogen and oxygen atoms in total.